The molecule has 1 aromatic heterocycles. The molecule has 0 fully saturated rings. The Hall–Kier alpha value is -1.61. The molecular weight excluding hydrogens is 258 g/mol. The summed E-state index contributed by atoms with van der Waals surface area (Å²) in [6, 6.07) is 0. The zero-order chi connectivity index (χ0) is 13.9. The van der Waals surface area contributed by atoms with Crippen LogP contribution >= 0.6 is 0 Å². The molecule has 0 unspecified atom stereocenters. The number of amidine groups is 1. The van der Waals surface area contributed by atoms with Gasteiger partial charge < -0.3 is 10.9 Å². The summed E-state index contributed by atoms with van der Waals surface area (Å²) in [4.78, 5) is 0.171. The Kier molecular flexibility index (Phi) is 4.30. The second-order valence-electron chi connectivity index (χ2n) is 3.93. The Morgan fingerprint density at radius 1 is 1.56 bits per heavy atom. The number of rotatable bonds is 5. The minimum absolute atomic E-state index is 0.0160. The van der Waals surface area contributed by atoms with Gasteiger partial charge in [-0.15, -0.1) is 0 Å². The molecule has 18 heavy (non-hydrogen) atoms. The maximum absolute atomic E-state index is 12.3. The quantitative estimate of drug-likeness (QED) is 0.296. The van der Waals surface area contributed by atoms with Gasteiger partial charge in [-0.25, -0.2) is 12.7 Å². The first-order valence-electron chi connectivity index (χ1n) is 5.25. The number of hydrogen-bond donors (Lipinski definition) is 3. The number of hydrogen-bond acceptors (Lipinski definition) is 5. The van der Waals surface area contributed by atoms with Crippen LogP contribution in [0.2, 0.25) is 0 Å². The number of aryl methyl sites for hydroxylation is 2. The van der Waals surface area contributed by atoms with E-state index in [1.165, 1.54) is 7.05 Å². The van der Waals surface area contributed by atoms with Gasteiger partial charge in [-0.1, -0.05) is 5.16 Å². The Morgan fingerprint density at radius 3 is 2.61 bits per heavy atom. The lowest BCUT2D eigenvalue weighted by Gasteiger charge is -2.16. The van der Waals surface area contributed by atoms with Crippen molar-refractivity contribution in [3.05, 3.63) is 11.4 Å². The van der Waals surface area contributed by atoms with Gasteiger partial charge in [0.1, 0.15) is 10.7 Å². The fourth-order valence-corrected chi connectivity index (χ4v) is 3.01. The first-order chi connectivity index (χ1) is 8.30. The highest BCUT2D eigenvalue weighted by molar-refractivity contribution is 7.89. The molecule has 102 valence electrons. The van der Waals surface area contributed by atoms with Gasteiger partial charge in [0.15, 0.2) is 0 Å². The van der Waals surface area contributed by atoms with Crippen LogP contribution in [-0.4, -0.2) is 47.6 Å². The van der Waals surface area contributed by atoms with E-state index in [0.29, 0.717) is 11.4 Å². The largest absolute Gasteiger partial charge is 0.409 e. The van der Waals surface area contributed by atoms with Crippen LogP contribution in [0.4, 0.5) is 0 Å². The third kappa shape index (κ3) is 2.79. The minimum atomic E-state index is -3.61. The fourth-order valence-electron chi connectivity index (χ4n) is 1.52. The smallest absolute Gasteiger partial charge is 0.246 e. The lowest BCUT2D eigenvalue weighted by Crippen LogP contribution is -2.31. The number of aromatic amines is 1. The summed E-state index contributed by atoms with van der Waals surface area (Å²) in [6.45, 7) is 3.39. The van der Waals surface area contributed by atoms with E-state index < -0.39 is 10.0 Å². The second-order valence-corrected chi connectivity index (χ2v) is 5.91. The first-order valence-corrected chi connectivity index (χ1v) is 6.69. The van der Waals surface area contributed by atoms with Gasteiger partial charge in [0.05, 0.1) is 11.4 Å². The van der Waals surface area contributed by atoms with E-state index in [4.69, 9.17) is 10.9 Å². The van der Waals surface area contributed by atoms with Crippen LogP contribution in [0, 0.1) is 13.8 Å². The molecule has 0 saturated heterocycles. The average molecular weight is 275 g/mol. The van der Waals surface area contributed by atoms with Crippen molar-refractivity contribution in [2.45, 2.75) is 25.2 Å². The molecule has 0 aliphatic heterocycles. The molecule has 8 nitrogen and oxygen atoms in total. The van der Waals surface area contributed by atoms with Crippen molar-refractivity contribution in [2.75, 3.05) is 13.6 Å². The van der Waals surface area contributed by atoms with Gasteiger partial charge in [0.25, 0.3) is 0 Å². The number of H-pyrrole nitrogens is 1. The normalized spacial score (nSPS) is 13.2. The summed E-state index contributed by atoms with van der Waals surface area (Å²) in [5, 5.41) is 17.7. The third-order valence-electron chi connectivity index (χ3n) is 2.54. The average Bonchev–Trinajstić information content (AvgIpc) is 2.65. The van der Waals surface area contributed by atoms with E-state index in [-0.39, 0.29) is 23.7 Å². The Bertz CT molecular complexity index is 529. The Labute approximate surface area is 106 Å². The van der Waals surface area contributed by atoms with E-state index in [2.05, 4.69) is 15.4 Å². The molecule has 0 saturated carbocycles. The highest BCUT2D eigenvalue weighted by Crippen LogP contribution is 2.20. The second kappa shape index (κ2) is 5.36. The third-order valence-corrected chi connectivity index (χ3v) is 4.66. The van der Waals surface area contributed by atoms with Crippen molar-refractivity contribution >= 4 is 15.9 Å². The van der Waals surface area contributed by atoms with Gasteiger partial charge >= 0.3 is 0 Å². The Balaban J connectivity index is 2.94. The summed E-state index contributed by atoms with van der Waals surface area (Å²) in [5.74, 6) is -0.0160. The maximum atomic E-state index is 12.3. The van der Waals surface area contributed by atoms with Crippen molar-refractivity contribution in [1.82, 2.24) is 14.5 Å². The Morgan fingerprint density at radius 2 is 2.17 bits per heavy atom. The lowest BCUT2D eigenvalue weighted by molar-refractivity contribution is 0.316. The van der Waals surface area contributed by atoms with Crippen molar-refractivity contribution < 1.29 is 13.6 Å². The van der Waals surface area contributed by atoms with Crippen LogP contribution < -0.4 is 5.73 Å². The van der Waals surface area contributed by atoms with Gasteiger partial charge in [-0.2, -0.15) is 5.10 Å². The van der Waals surface area contributed by atoms with Crippen LogP contribution in [0.5, 0.6) is 0 Å². The molecule has 0 amide bonds. The number of sulfonamides is 1. The van der Waals surface area contributed by atoms with E-state index in [1.54, 1.807) is 13.8 Å². The maximum Gasteiger partial charge on any atom is 0.246 e. The minimum Gasteiger partial charge on any atom is -0.409 e. The van der Waals surface area contributed by atoms with Gasteiger partial charge in [-0.3, -0.25) is 5.10 Å². The number of nitrogens with one attached hydrogen (secondary N) is 1. The van der Waals surface area contributed by atoms with Gasteiger partial charge in [0.2, 0.25) is 10.0 Å². The fraction of sp³-hybridized carbons (Fsp3) is 0.556. The molecule has 1 heterocycles. The van der Waals surface area contributed by atoms with E-state index in [1.807, 2.05) is 0 Å². The van der Waals surface area contributed by atoms with E-state index in [0.717, 1.165) is 4.31 Å². The molecule has 4 N–H and O–H groups in total. The molecule has 0 radical (unpaired) electrons. The highest BCUT2D eigenvalue weighted by Gasteiger charge is 2.26. The molecule has 1 aromatic rings. The molecule has 1 rings (SSSR count). The molecule has 0 bridgehead atoms. The van der Waals surface area contributed by atoms with Crippen molar-refractivity contribution in [3.8, 4) is 0 Å². The van der Waals surface area contributed by atoms with Crippen molar-refractivity contribution in [3.63, 3.8) is 0 Å². The zero-order valence-corrected chi connectivity index (χ0v) is 11.3. The summed E-state index contributed by atoms with van der Waals surface area (Å²) < 4.78 is 25.7. The molecular formula is C9H17N5O3S. The number of aromatic nitrogens is 2. The zero-order valence-electron chi connectivity index (χ0n) is 10.5. The van der Waals surface area contributed by atoms with E-state index >= 15 is 0 Å². The monoisotopic (exact) mass is 275 g/mol. The summed E-state index contributed by atoms with van der Waals surface area (Å²) in [6.07, 6.45) is 0.155. The molecule has 0 aliphatic rings. The van der Waals surface area contributed by atoms with Crippen LogP contribution in [0.15, 0.2) is 10.1 Å². The van der Waals surface area contributed by atoms with Crippen molar-refractivity contribution in [1.29, 1.82) is 0 Å². The topological polar surface area (TPSA) is 125 Å². The predicted octanol–water partition coefficient (Wildman–Crippen LogP) is -0.216. The molecule has 0 spiro atoms. The van der Waals surface area contributed by atoms with Crippen LogP contribution in [-0.2, 0) is 10.0 Å². The van der Waals surface area contributed by atoms with Crippen LogP contribution in [0.1, 0.15) is 17.8 Å². The van der Waals surface area contributed by atoms with Crippen molar-refractivity contribution in [2.24, 2.45) is 10.9 Å². The molecule has 0 atom stereocenters. The number of oxime groups is 1. The molecule has 9 heteroatoms. The molecule has 0 aliphatic carbocycles. The SMILES string of the molecule is Cc1n[nH]c(C)c1S(=O)(=O)N(C)CC/C(N)=N/O. The number of nitrogens with two attached hydrogens (primary N) is 1. The predicted molar refractivity (Wildman–Crippen MR) is 65.9 cm³/mol. The summed E-state index contributed by atoms with van der Waals surface area (Å²) in [7, 11) is -2.18. The molecule has 0 aromatic carbocycles. The van der Waals surface area contributed by atoms with Crippen LogP contribution in [0.3, 0.4) is 0 Å². The van der Waals surface area contributed by atoms with E-state index in [9.17, 15) is 8.42 Å². The van der Waals surface area contributed by atoms with Crippen LogP contribution in [0.25, 0.3) is 0 Å². The number of nitrogens with zero attached hydrogens (tertiary/aromatic N) is 3. The van der Waals surface area contributed by atoms with Gasteiger partial charge in [-0.05, 0) is 13.8 Å². The summed E-state index contributed by atoms with van der Waals surface area (Å²) in [5.41, 5.74) is 6.21. The summed E-state index contributed by atoms with van der Waals surface area (Å²) >= 11 is 0. The standard InChI is InChI=1S/C9H17N5O3S/c1-6-9(7(2)12-11-6)18(16,17)14(3)5-4-8(10)13-15/h15H,4-5H2,1-3H3,(H2,10,13)(H,11,12). The lowest BCUT2D eigenvalue weighted by atomic mass is 10.4. The first kappa shape index (κ1) is 14.5. The van der Waals surface area contributed by atoms with Gasteiger partial charge in [0, 0.05) is 20.0 Å². The highest BCUT2D eigenvalue weighted by atomic mass is 32.2.